The molecule has 0 spiro atoms. The van der Waals surface area contributed by atoms with Crippen LogP contribution in [0.15, 0.2) is 35.1 Å². The predicted molar refractivity (Wildman–Crippen MR) is 82.2 cm³/mol. The van der Waals surface area contributed by atoms with Gasteiger partial charge in [0.05, 0.1) is 0 Å². The third-order valence-corrected chi connectivity index (χ3v) is 3.44. The van der Waals surface area contributed by atoms with Gasteiger partial charge in [-0.05, 0) is 0 Å². The molecule has 0 saturated carbocycles. The highest BCUT2D eigenvalue weighted by atomic mass is 16.7. The largest absolute Gasteiger partial charge is 0.505 e. The molecular formula is C16H12N2O7. The number of nitrogens with one attached hydrogen (secondary N) is 1. The molecule has 0 unspecified atom stereocenters. The first kappa shape index (κ1) is 16.4. The molecule has 128 valence electrons. The lowest BCUT2D eigenvalue weighted by molar-refractivity contribution is -0.214. The Kier molecular flexibility index (Phi) is 3.63. The van der Waals surface area contributed by atoms with E-state index in [0.717, 1.165) is 0 Å². The predicted octanol–water partition coefficient (Wildman–Crippen LogP) is 0.460. The van der Waals surface area contributed by atoms with Gasteiger partial charge in [-0.3, -0.25) is 15.0 Å². The molecule has 1 fully saturated rings. The molecule has 9 heteroatoms. The number of ketones is 2. The van der Waals surface area contributed by atoms with Crippen LogP contribution in [0.3, 0.4) is 0 Å². The second-order valence-electron chi connectivity index (χ2n) is 5.68. The first-order chi connectivity index (χ1) is 11.7. The number of carbonyl (C=O) groups excluding carboxylic acids is 4. The Hall–Kier alpha value is -3.49. The van der Waals surface area contributed by atoms with Gasteiger partial charge in [-0.2, -0.15) is 5.10 Å². The number of Topliss-reactive ketones (excluding diaryl/α,β-unsaturated/α-hetero) is 2. The van der Waals surface area contributed by atoms with Gasteiger partial charge in [0.1, 0.15) is 0 Å². The van der Waals surface area contributed by atoms with E-state index >= 15 is 0 Å². The number of benzene rings is 1. The number of ether oxygens (including phenoxy) is 2. The van der Waals surface area contributed by atoms with Gasteiger partial charge in [-0.15, -0.1) is 0 Å². The molecular weight excluding hydrogens is 332 g/mol. The minimum Gasteiger partial charge on any atom is -0.505 e. The molecule has 0 atom stereocenters. The summed E-state index contributed by atoms with van der Waals surface area (Å²) in [5, 5.41) is 13.7. The van der Waals surface area contributed by atoms with Gasteiger partial charge in [0.2, 0.25) is 5.78 Å². The highest BCUT2D eigenvalue weighted by molar-refractivity contribution is 6.63. The maximum atomic E-state index is 12.1. The molecule has 1 aromatic rings. The summed E-state index contributed by atoms with van der Waals surface area (Å²) in [5.41, 5.74) is 0.963. The fraction of sp³-hybridized carbons (Fsp3) is 0.188. The number of esters is 2. The van der Waals surface area contributed by atoms with E-state index < -0.39 is 46.5 Å². The molecule has 2 aliphatic rings. The summed E-state index contributed by atoms with van der Waals surface area (Å²) in [5.74, 6) is -6.01. The SMILES string of the molecule is CC1(C)OC(=O)C(=NNC2=C(O)c3ccccc3C(=O)C2=O)C(=O)O1. The fourth-order valence-electron chi connectivity index (χ4n) is 2.32. The Morgan fingerprint density at radius 2 is 1.52 bits per heavy atom. The lowest BCUT2D eigenvalue weighted by Gasteiger charge is -2.29. The van der Waals surface area contributed by atoms with Gasteiger partial charge >= 0.3 is 11.9 Å². The number of fused-ring (bicyclic) bond motifs is 1. The van der Waals surface area contributed by atoms with Crippen molar-refractivity contribution in [3.8, 4) is 0 Å². The number of hydrazone groups is 1. The van der Waals surface area contributed by atoms with Crippen LogP contribution in [0.1, 0.15) is 29.8 Å². The smallest absolute Gasteiger partial charge is 0.369 e. The molecule has 1 saturated heterocycles. The monoisotopic (exact) mass is 344 g/mol. The number of hydrogen-bond acceptors (Lipinski definition) is 9. The van der Waals surface area contributed by atoms with Crippen molar-refractivity contribution in [1.29, 1.82) is 0 Å². The van der Waals surface area contributed by atoms with Gasteiger partial charge < -0.3 is 14.6 Å². The van der Waals surface area contributed by atoms with E-state index in [0.29, 0.717) is 0 Å². The highest BCUT2D eigenvalue weighted by Gasteiger charge is 2.41. The highest BCUT2D eigenvalue weighted by Crippen LogP contribution is 2.26. The lowest BCUT2D eigenvalue weighted by atomic mass is 9.92. The summed E-state index contributed by atoms with van der Waals surface area (Å²) in [7, 11) is 0. The molecule has 0 amide bonds. The summed E-state index contributed by atoms with van der Waals surface area (Å²) >= 11 is 0. The summed E-state index contributed by atoms with van der Waals surface area (Å²) < 4.78 is 9.69. The van der Waals surface area contributed by atoms with E-state index in [1.165, 1.54) is 26.0 Å². The van der Waals surface area contributed by atoms with Crippen LogP contribution >= 0.6 is 0 Å². The van der Waals surface area contributed by atoms with Crippen LogP contribution in [0.4, 0.5) is 0 Å². The van der Waals surface area contributed by atoms with Crippen LogP contribution in [0.2, 0.25) is 0 Å². The first-order valence-corrected chi connectivity index (χ1v) is 7.13. The van der Waals surface area contributed by atoms with Crippen LogP contribution in [0.5, 0.6) is 0 Å². The van der Waals surface area contributed by atoms with Gasteiger partial charge in [0.15, 0.2) is 11.5 Å². The Balaban J connectivity index is 1.95. The number of allylic oxidation sites excluding steroid dienone is 1. The van der Waals surface area contributed by atoms with E-state index in [1.54, 1.807) is 12.1 Å². The first-order valence-electron chi connectivity index (χ1n) is 7.13. The molecule has 1 aliphatic heterocycles. The maximum absolute atomic E-state index is 12.1. The zero-order chi connectivity index (χ0) is 18.4. The second kappa shape index (κ2) is 5.55. The van der Waals surface area contributed by atoms with Crippen LogP contribution in [0, 0.1) is 0 Å². The second-order valence-corrected chi connectivity index (χ2v) is 5.68. The van der Waals surface area contributed by atoms with Crippen molar-refractivity contribution in [2.24, 2.45) is 5.10 Å². The van der Waals surface area contributed by atoms with Crippen molar-refractivity contribution in [1.82, 2.24) is 5.43 Å². The third kappa shape index (κ3) is 2.75. The van der Waals surface area contributed by atoms with Gasteiger partial charge in [0, 0.05) is 25.0 Å². The number of hydrogen-bond donors (Lipinski definition) is 2. The minimum atomic E-state index is -1.44. The summed E-state index contributed by atoms with van der Waals surface area (Å²) in [6.45, 7) is 2.73. The van der Waals surface area contributed by atoms with Crippen LogP contribution < -0.4 is 5.43 Å². The summed E-state index contributed by atoms with van der Waals surface area (Å²) in [6.07, 6.45) is 0. The average Bonchev–Trinajstić information content (AvgIpc) is 2.53. The number of aliphatic hydroxyl groups is 1. The van der Waals surface area contributed by atoms with Gasteiger partial charge in [-0.25, -0.2) is 9.59 Å². The number of aliphatic hydroxyl groups excluding tert-OH is 1. The van der Waals surface area contributed by atoms with E-state index in [2.05, 4.69) is 10.5 Å². The summed E-state index contributed by atoms with van der Waals surface area (Å²) in [6, 6.07) is 5.95. The third-order valence-electron chi connectivity index (χ3n) is 3.44. The lowest BCUT2D eigenvalue weighted by Crippen LogP contribution is -2.47. The van der Waals surface area contributed by atoms with Gasteiger partial charge in [-0.1, -0.05) is 24.3 Å². The molecule has 9 nitrogen and oxygen atoms in total. The Bertz CT molecular complexity index is 873. The standard InChI is InChI=1S/C16H12N2O7/c1-16(2)24-14(22)10(15(23)25-16)18-17-9-11(19)7-5-3-4-6-8(7)12(20)13(9)21/h3-6,17,19H,1-2H3. The molecule has 1 aromatic carbocycles. The fourth-order valence-corrected chi connectivity index (χ4v) is 2.32. The quantitative estimate of drug-likeness (QED) is 0.449. The molecule has 0 radical (unpaired) electrons. The van der Waals surface area contributed by atoms with E-state index in [4.69, 9.17) is 9.47 Å². The van der Waals surface area contributed by atoms with E-state index in [-0.39, 0.29) is 11.1 Å². The molecule has 0 aromatic heterocycles. The van der Waals surface area contributed by atoms with E-state index in [1.807, 2.05) is 0 Å². The number of nitrogens with zero attached hydrogens (tertiary/aromatic N) is 1. The van der Waals surface area contributed by atoms with Crippen molar-refractivity contribution < 1.29 is 33.8 Å². The van der Waals surface area contributed by atoms with Crippen LogP contribution in [0.25, 0.3) is 5.76 Å². The Labute approximate surface area is 140 Å². The van der Waals surface area contributed by atoms with Crippen molar-refractivity contribution in [2.75, 3.05) is 0 Å². The van der Waals surface area contributed by atoms with Crippen LogP contribution in [-0.4, -0.2) is 40.1 Å². The zero-order valence-corrected chi connectivity index (χ0v) is 13.2. The van der Waals surface area contributed by atoms with Crippen molar-refractivity contribution in [2.45, 2.75) is 19.6 Å². The number of carbonyl (C=O) groups is 4. The van der Waals surface area contributed by atoms with Crippen LogP contribution in [-0.2, 0) is 23.9 Å². The summed E-state index contributed by atoms with van der Waals surface area (Å²) in [4.78, 5) is 47.8. The molecule has 1 aliphatic carbocycles. The Morgan fingerprint density at radius 3 is 2.12 bits per heavy atom. The number of cyclic esters (lactones) is 2. The normalized spacial score (nSPS) is 19.2. The number of rotatable bonds is 2. The minimum absolute atomic E-state index is 0.0430. The van der Waals surface area contributed by atoms with Gasteiger partial charge in [0.25, 0.3) is 17.3 Å². The van der Waals surface area contributed by atoms with Crippen molar-refractivity contribution in [3.05, 3.63) is 41.1 Å². The molecule has 1 heterocycles. The topological polar surface area (TPSA) is 131 Å². The van der Waals surface area contributed by atoms with E-state index in [9.17, 15) is 24.3 Å². The zero-order valence-electron chi connectivity index (χ0n) is 13.2. The molecule has 2 N–H and O–H groups in total. The molecule has 25 heavy (non-hydrogen) atoms. The molecule has 0 bridgehead atoms. The molecule has 3 rings (SSSR count). The Morgan fingerprint density at radius 1 is 0.960 bits per heavy atom. The van der Waals surface area contributed by atoms with Crippen molar-refractivity contribution in [3.63, 3.8) is 0 Å². The average molecular weight is 344 g/mol. The maximum Gasteiger partial charge on any atom is 0.369 e. The van der Waals surface area contributed by atoms with Crippen molar-refractivity contribution >= 4 is 35.0 Å².